The third kappa shape index (κ3) is 3.40. The summed E-state index contributed by atoms with van der Waals surface area (Å²) < 4.78 is 8.05. The zero-order valence-electron chi connectivity index (χ0n) is 11.1. The highest BCUT2D eigenvalue weighted by atomic mass is 127. The number of anilines is 1. The molecule has 1 heterocycles. The van der Waals surface area contributed by atoms with Crippen LogP contribution in [0.1, 0.15) is 24.9 Å². The lowest BCUT2D eigenvalue weighted by Gasteiger charge is -2.14. The van der Waals surface area contributed by atoms with E-state index in [4.69, 9.17) is 10.5 Å². The van der Waals surface area contributed by atoms with Gasteiger partial charge >= 0.3 is 0 Å². The molecule has 1 aromatic heterocycles. The molecule has 1 aromatic carbocycles. The zero-order valence-corrected chi connectivity index (χ0v) is 13.3. The molecule has 1 atom stereocenters. The summed E-state index contributed by atoms with van der Waals surface area (Å²) in [7, 11) is 1.68. The first-order chi connectivity index (χ1) is 9.11. The van der Waals surface area contributed by atoms with Crippen molar-refractivity contribution in [3.63, 3.8) is 0 Å². The highest BCUT2D eigenvalue weighted by Crippen LogP contribution is 2.22. The third-order valence-electron chi connectivity index (χ3n) is 3.21. The van der Waals surface area contributed by atoms with E-state index in [-0.39, 0.29) is 0 Å². The molecule has 5 heteroatoms. The van der Waals surface area contributed by atoms with Gasteiger partial charge in [0.1, 0.15) is 11.6 Å². The molecule has 2 aromatic rings. The Morgan fingerprint density at radius 3 is 2.58 bits per heavy atom. The Labute approximate surface area is 127 Å². The Balaban J connectivity index is 1.96. The third-order valence-corrected chi connectivity index (χ3v) is 4.05. The van der Waals surface area contributed by atoms with Gasteiger partial charge in [0.05, 0.1) is 22.9 Å². The Bertz CT molecular complexity index is 536. The standard InChI is InChI=1S/C14H18IN3O/c1-10(18-14(16)13(15)9-17-18)3-4-11-5-7-12(19-2)8-6-11/h5-10H,3-4,16H2,1-2H3. The molecule has 0 bridgehead atoms. The van der Waals surface area contributed by atoms with Gasteiger partial charge < -0.3 is 10.5 Å². The minimum Gasteiger partial charge on any atom is -0.497 e. The second-order valence-corrected chi connectivity index (χ2v) is 5.72. The van der Waals surface area contributed by atoms with Crippen LogP contribution in [0.25, 0.3) is 0 Å². The molecular formula is C14H18IN3O. The summed E-state index contributed by atoms with van der Waals surface area (Å²) in [6.45, 7) is 2.14. The van der Waals surface area contributed by atoms with Gasteiger partial charge in [-0.1, -0.05) is 12.1 Å². The van der Waals surface area contributed by atoms with E-state index >= 15 is 0 Å². The van der Waals surface area contributed by atoms with E-state index in [0.29, 0.717) is 6.04 Å². The van der Waals surface area contributed by atoms with E-state index in [9.17, 15) is 0 Å². The van der Waals surface area contributed by atoms with Gasteiger partial charge in [0, 0.05) is 0 Å². The van der Waals surface area contributed by atoms with Crippen LogP contribution in [0.2, 0.25) is 0 Å². The lowest BCUT2D eigenvalue weighted by atomic mass is 10.1. The van der Waals surface area contributed by atoms with Crippen LogP contribution in [-0.2, 0) is 6.42 Å². The number of nitrogen functional groups attached to an aromatic ring is 1. The molecule has 102 valence electrons. The molecule has 0 spiro atoms. The second kappa shape index (κ2) is 6.27. The molecule has 0 saturated heterocycles. The van der Waals surface area contributed by atoms with Gasteiger partial charge in [-0.05, 0) is 60.1 Å². The molecule has 0 fully saturated rings. The van der Waals surface area contributed by atoms with Gasteiger partial charge in [-0.15, -0.1) is 0 Å². The van der Waals surface area contributed by atoms with E-state index < -0.39 is 0 Å². The Morgan fingerprint density at radius 2 is 2.05 bits per heavy atom. The number of aryl methyl sites for hydroxylation is 1. The fourth-order valence-corrected chi connectivity index (χ4v) is 2.36. The molecule has 2 N–H and O–H groups in total. The van der Waals surface area contributed by atoms with E-state index in [1.54, 1.807) is 13.3 Å². The van der Waals surface area contributed by atoms with Gasteiger partial charge in [0.15, 0.2) is 0 Å². The van der Waals surface area contributed by atoms with Crippen molar-refractivity contribution < 1.29 is 4.74 Å². The molecule has 0 aliphatic carbocycles. The van der Waals surface area contributed by atoms with Crippen LogP contribution in [0.5, 0.6) is 5.75 Å². The van der Waals surface area contributed by atoms with Crippen LogP contribution in [0.15, 0.2) is 30.5 Å². The molecule has 0 radical (unpaired) electrons. The maximum Gasteiger partial charge on any atom is 0.135 e. The van der Waals surface area contributed by atoms with Gasteiger partial charge in [0.2, 0.25) is 0 Å². The van der Waals surface area contributed by atoms with Crippen LogP contribution in [0.3, 0.4) is 0 Å². The van der Waals surface area contributed by atoms with E-state index in [0.717, 1.165) is 28.0 Å². The molecule has 0 aliphatic rings. The molecule has 0 saturated carbocycles. The molecule has 4 nitrogen and oxygen atoms in total. The van der Waals surface area contributed by atoms with Crippen molar-refractivity contribution in [2.75, 3.05) is 12.8 Å². The average molecular weight is 371 g/mol. The van der Waals surface area contributed by atoms with Gasteiger partial charge in [-0.2, -0.15) is 5.10 Å². The van der Waals surface area contributed by atoms with Crippen LogP contribution < -0.4 is 10.5 Å². The summed E-state index contributed by atoms with van der Waals surface area (Å²) in [5, 5.41) is 4.32. The minimum atomic E-state index is 0.297. The molecule has 2 rings (SSSR count). The number of aromatic nitrogens is 2. The molecule has 19 heavy (non-hydrogen) atoms. The number of nitrogens with zero attached hydrogens (tertiary/aromatic N) is 2. The van der Waals surface area contributed by atoms with Crippen molar-refractivity contribution in [2.45, 2.75) is 25.8 Å². The van der Waals surface area contributed by atoms with Crippen LogP contribution in [0, 0.1) is 3.57 Å². The average Bonchev–Trinajstić information content (AvgIpc) is 2.77. The fourth-order valence-electron chi connectivity index (χ4n) is 1.99. The zero-order chi connectivity index (χ0) is 13.8. The SMILES string of the molecule is COc1ccc(CCC(C)n2ncc(I)c2N)cc1. The monoisotopic (exact) mass is 371 g/mol. The van der Waals surface area contributed by atoms with Gasteiger partial charge in [-0.25, -0.2) is 4.68 Å². The number of ether oxygens (including phenoxy) is 1. The highest BCUT2D eigenvalue weighted by molar-refractivity contribution is 14.1. The number of halogens is 1. The van der Waals surface area contributed by atoms with E-state index in [1.807, 2.05) is 16.8 Å². The molecule has 1 unspecified atom stereocenters. The summed E-state index contributed by atoms with van der Waals surface area (Å²) in [6.07, 6.45) is 3.81. The van der Waals surface area contributed by atoms with Crippen LogP contribution >= 0.6 is 22.6 Å². The normalized spacial score (nSPS) is 12.4. The first-order valence-electron chi connectivity index (χ1n) is 6.23. The van der Waals surface area contributed by atoms with E-state index in [2.05, 4.69) is 46.7 Å². The number of benzene rings is 1. The van der Waals surface area contributed by atoms with Crippen molar-refractivity contribution in [2.24, 2.45) is 0 Å². The number of nitrogens with two attached hydrogens (primary N) is 1. The molecule has 0 amide bonds. The van der Waals surface area contributed by atoms with Crippen molar-refractivity contribution in [3.05, 3.63) is 39.6 Å². The van der Waals surface area contributed by atoms with Crippen molar-refractivity contribution in [1.29, 1.82) is 0 Å². The summed E-state index contributed by atoms with van der Waals surface area (Å²) >= 11 is 2.20. The number of methoxy groups -OCH3 is 1. The second-order valence-electron chi connectivity index (χ2n) is 4.56. The van der Waals surface area contributed by atoms with Crippen LogP contribution in [-0.4, -0.2) is 16.9 Å². The van der Waals surface area contributed by atoms with Crippen molar-refractivity contribution in [1.82, 2.24) is 9.78 Å². The summed E-state index contributed by atoms with van der Waals surface area (Å²) in [6, 6.07) is 8.48. The topological polar surface area (TPSA) is 53.1 Å². The lowest BCUT2D eigenvalue weighted by molar-refractivity contribution is 0.414. The first kappa shape index (κ1) is 14.2. The lowest BCUT2D eigenvalue weighted by Crippen LogP contribution is -2.11. The number of rotatable bonds is 5. The smallest absolute Gasteiger partial charge is 0.135 e. The summed E-state index contributed by atoms with van der Waals surface area (Å²) in [5.74, 6) is 1.64. The Kier molecular flexibility index (Phi) is 4.68. The maximum absolute atomic E-state index is 5.99. The van der Waals surface area contributed by atoms with Crippen molar-refractivity contribution >= 4 is 28.4 Å². The Morgan fingerprint density at radius 1 is 1.37 bits per heavy atom. The fraction of sp³-hybridized carbons (Fsp3) is 0.357. The highest BCUT2D eigenvalue weighted by Gasteiger charge is 2.11. The first-order valence-corrected chi connectivity index (χ1v) is 7.31. The van der Waals surface area contributed by atoms with Crippen molar-refractivity contribution in [3.8, 4) is 5.75 Å². The van der Waals surface area contributed by atoms with E-state index in [1.165, 1.54) is 5.56 Å². The quantitative estimate of drug-likeness (QED) is 0.821. The summed E-state index contributed by atoms with van der Waals surface area (Å²) in [4.78, 5) is 0. The van der Waals surface area contributed by atoms with Crippen LogP contribution in [0.4, 0.5) is 5.82 Å². The molecule has 0 aliphatic heterocycles. The largest absolute Gasteiger partial charge is 0.497 e. The summed E-state index contributed by atoms with van der Waals surface area (Å²) in [5.41, 5.74) is 7.29. The maximum atomic E-state index is 5.99. The van der Waals surface area contributed by atoms with Gasteiger partial charge in [0.25, 0.3) is 0 Å². The predicted octanol–water partition coefficient (Wildman–Crippen LogP) is 3.27. The Hall–Kier alpha value is -1.24. The molecular weight excluding hydrogens is 353 g/mol. The van der Waals surface area contributed by atoms with Gasteiger partial charge in [-0.3, -0.25) is 0 Å². The predicted molar refractivity (Wildman–Crippen MR) is 85.4 cm³/mol. The minimum absolute atomic E-state index is 0.297. The number of hydrogen-bond acceptors (Lipinski definition) is 3. The number of hydrogen-bond donors (Lipinski definition) is 1.